The summed E-state index contributed by atoms with van der Waals surface area (Å²) < 4.78 is 13.2. The van der Waals surface area contributed by atoms with Crippen LogP contribution in [0.25, 0.3) is 0 Å². The van der Waals surface area contributed by atoms with Crippen molar-refractivity contribution in [2.75, 3.05) is 5.32 Å². The monoisotopic (exact) mass is 238 g/mol. The second kappa shape index (κ2) is 5.12. The standard InChI is InChI=1S/C12H15FN2O2/c13-9-6-11(8-12(7-9)15(16)17)14-10-4-2-1-3-5-10/h6-8,10,14H,1-5H2. The number of nitro benzene ring substituents is 1. The third-order valence-corrected chi connectivity index (χ3v) is 3.07. The van der Waals surface area contributed by atoms with E-state index < -0.39 is 10.7 Å². The molecule has 17 heavy (non-hydrogen) atoms. The van der Waals surface area contributed by atoms with Crippen LogP contribution in [0.15, 0.2) is 18.2 Å². The molecule has 1 N–H and O–H groups in total. The number of nitrogens with zero attached hydrogens (tertiary/aromatic N) is 1. The highest BCUT2D eigenvalue weighted by Gasteiger charge is 2.15. The van der Waals surface area contributed by atoms with E-state index in [1.807, 2.05) is 0 Å². The van der Waals surface area contributed by atoms with E-state index in [1.165, 1.54) is 18.6 Å². The van der Waals surface area contributed by atoms with E-state index in [1.54, 1.807) is 0 Å². The molecule has 1 aromatic carbocycles. The first-order valence-corrected chi connectivity index (χ1v) is 5.86. The van der Waals surface area contributed by atoms with Crippen molar-refractivity contribution in [1.82, 2.24) is 0 Å². The van der Waals surface area contributed by atoms with Gasteiger partial charge in [0, 0.05) is 17.8 Å². The topological polar surface area (TPSA) is 55.2 Å². The number of nitro groups is 1. The predicted octanol–water partition coefficient (Wildman–Crippen LogP) is 3.48. The fourth-order valence-corrected chi connectivity index (χ4v) is 2.25. The third-order valence-electron chi connectivity index (χ3n) is 3.07. The van der Waals surface area contributed by atoms with E-state index in [9.17, 15) is 14.5 Å². The number of hydrogen-bond donors (Lipinski definition) is 1. The third kappa shape index (κ3) is 3.15. The van der Waals surface area contributed by atoms with E-state index in [4.69, 9.17) is 0 Å². The molecule has 1 fully saturated rings. The Morgan fingerprint density at radius 3 is 2.59 bits per heavy atom. The van der Waals surface area contributed by atoms with Crippen LogP contribution in [0.4, 0.5) is 15.8 Å². The number of nitrogens with one attached hydrogen (secondary N) is 1. The predicted molar refractivity (Wildman–Crippen MR) is 63.6 cm³/mol. The van der Waals surface area contributed by atoms with Crippen LogP contribution in [-0.4, -0.2) is 11.0 Å². The minimum absolute atomic E-state index is 0.205. The van der Waals surface area contributed by atoms with Crippen molar-refractivity contribution < 1.29 is 9.31 Å². The second-order valence-corrected chi connectivity index (χ2v) is 4.43. The largest absolute Gasteiger partial charge is 0.382 e. The lowest BCUT2D eigenvalue weighted by Gasteiger charge is -2.23. The van der Waals surface area contributed by atoms with Gasteiger partial charge >= 0.3 is 0 Å². The van der Waals surface area contributed by atoms with Gasteiger partial charge in [-0.2, -0.15) is 0 Å². The van der Waals surface area contributed by atoms with Gasteiger partial charge in [-0.25, -0.2) is 4.39 Å². The van der Waals surface area contributed by atoms with Crippen LogP contribution in [0.1, 0.15) is 32.1 Å². The summed E-state index contributed by atoms with van der Waals surface area (Å²) in [6.45, 7) is 0. The Labute approximate surface area is 99.0 Å². The van der Waals surface area contributed by atoms with Gasteiger partial charge in [0.05, 0.1) is 11.0 Å². The molecule has 1 aliphatic carbocycles. The summed E-state index contributed by atoms with van der Waals surface area (Å²) in [5, 5.41) is 13.8. The fourth-order valence-electron chi connectivity index (χ4n) is 2.25. The molecule has 0 atom stereocenters. The second-order valence-electron chi connectivity index (χ2n) is 4.43. The van der Waals surface area contributed by atoms with Crippen molar-refractivity contribution in [3.05, 3.63) is 34.1 Å². The molecule has 0 amide bonds. The molecule has 4 nitrogen and oxygen atoms in total. The van der Waals surface area contributed by atoms with E-state index in [0.717, 1.165) is 31.7 Å². The van der Waals surface area contributed by atoms with Crippen LogP contribution in [-0.2, 0) is 0 Å². The van der Waals surface area contributed by atoms with E-state index >= 15 is 0 Å². The van der Waals surface area contributed by atoms with E-state index in [-0.39, 0.29) is 5.69 Å². The first-order chi connectivity index (χ1) is 8.15. The quantitative estimate of drug-likeness (QED) is 0.648. The Kier molecular flexibility index (Phi) is 3.56. The number of halogens is 1. The maximum atomic E-state index is 13.2. The van der Waals surface area contributed by atoms with Crippen LogP contribution in [0, 0.1) is 15.9 Å². The Morgan fingerprint density at radius 1 is 1.24 bits per heavy atom. The van der Waals surface area contributed by atoms with Gasteiger partial charge in [0.2, 0.25) is 0 Å². The molecule has 1 aromatic rings. The lowest BCUT2D eigenvalue weighted by Crippen LogP contribution is -2.22. The molecular weight excluding hydrogens is 223 g/mol. The van der Waals surface area contributed by atoms with Gasteiger partial charge in [0.25, 0.3) is 5.69 Å². The number of rotatable bonds is 3. The molecule has 0 saturated heterocycles. The number of hydrogen-bond acceptors (Lipinski definition) is 3. The molecule has 0 spiro atoms. The fraction of sp³-hybridized carbons (Fsp3) is 0.500. The van der Waals surface area contributed by atoms with Crippen LogP contribution < -0.4 is 5.32 Å². The van der Waals surface area contributed by atoms with Gasteiger partial charge in [-0.1, -0.05) is 19.3 Å². The van der Waals surface area contributed by atoms with Gasteiger partial charge < -0.3 is 5.32 Å². The molecule has 92 valence electrons. The summed E-state index contributed by atoms with van der Waals surface area (Å²) in [6.07, 6.45) is 5.65. The normalized spacial score (nSPS) is 16.8. The van der Waals surface area contributed by atoms with Gasteiger partial charge in [0.1, 0.15) is 5.82 Å². The average Bonchev–Trinajstić information content (AvgIpc) is 2.29. The van der Waals surface area contributed by atoms with Crippen LogP contribution in [0.5, 0.6) is 0 Å². The van der Waals surface area contributed by atoms with Crippen molar-refractivity contribution in [2.24, 2.45) is 0 Å². The Balaban J connectivity index is 2.11. The highest BCUT2D eigenvalue weighted by Crippen LogP contribution is 2.25. The van der Waals surface area contributed by atoms with Crippen molar-refractivity contribution in [2.45, 2.75) is 38.1 Å². The molecule has 0 bridgehead atoms. The molecular formula is C12H15FN2O2. The van der Waals surface area contributed by atoms with Crippen molar-refractivity contribution in [1.29, 1.82) is 0 Å². The molecule has 0 radical (unpaired) electrons. The molecule has 0 aromatic heterocycles. The smallest absolute Gasteiger partial charge is 0.274 e. The van der Waals surface area contributed by atoms with Crippen molar-refractivity contribution in [3.8, 4) is 0 Å². The Hall–Kier alpha value is -1.65. The van der Waals surface area contributed by atoms with Gasteiger partial charge in [0.15, 0.2) is 0 Å². The van der Waals surface area contributed by atoms with E-state index in [2.05, 4.69) is 5.32 Å². The molecule has 1 aliphatic rings. The number of anilines is 1. The summed E-state index contributed by atoms with van der Waals surface area (Å²) >= 11 is 0. The minimum atomic E-state index is -0.574. The summed E-state index contributed by atoms with van der Waals surface area (Å²) in [4.78, 5) is 10.0. The Morgan fingerprint density at radius 2 is 1.94 bits per heavy atom. The minimum Gasteiger partial charge on any atom is -0.382 e. The van der Waals surface area contributed by atoms with Gasteiger partial charge in [-0.15, -0.1) is 0 Å². The van der Waals surface area contributed by atoms with Crippen LogP contribution >= 0.6 is 0 Å². The SMILES string of the molecule is O=[N+]([O-])c1cc(F)cc(NC2CCCCC2)c1. The first-order valence-electron chi connectivity index (χ1n) is 5.86. The zero-order chi connectivity index (χ0) is 12.3. The first kappa shape index (κ1) is 11.8. The highest BCUT2D eigenvalue weighted by molar-refractivity contribution is 5.52. The molecule has 0 aliphatic heterocycles. The lowest BCUT2D eigenvalue weighted by molar-refractivity contribution is -0.385. The van der Waals surface area contributed by atoms with Crippen molar-refractivity contribution in [3.63, 3.8) is 0 Å². The molecule has 1 saturated carbocycles. The summed E-state index contributed by atoms with van der Waals surface area (Å²) in [6, 6.07) is 3.94. The molecule has 0 unspecified atom stereocenters. The number of non-ortho nitro benzene ring substituents is 1. The number of benzene rings is 1. The maximum absolute atomic E-state index is 13.2. The summed E-state index contributed by atoms with van der Waals surface area (Å²) in [7, 11) is 0. The highest BCUT2D eigenvalue weighted by atomic mass is 19.1. The zero-order valence-corrected chi connectivity index (χ0v) is 9.49. The molecule has 5 heteroatoms. The molecule has 2 rings (SSSR count). The van der Waals surface area contributed by atoms with Crippen LogP contribution in [0.3, 0.4) is 0 Å². The lowest BCUT2D eigenvalue weighted by atomic mass is 9.95. The van der Waals surface area contributed by atoms with Gasteiger partial charge in [-0.3, -0.25) is 10.1 Å². The Bertz CT molecular complexity index is 417. The summed E-state index contributed by atoms with van der Waals surface area (Å²) in [5.74, 6) is -0.572. The summed E-state index contributed by atoms with van der Waals surface area (Å²) in [5.41, 5.74) is 0.298. The maximum Gasteiger partial charge on any atom is 0.274 e. The zero-order valence-electron chi connectivity index (χ0n) is 9.49. The van der Waals surface area contributed by atoms with Crippen LogP contribution in [0.2, 0.25) is 0 Å². The van der Waals surface area contributed by atoms with Gasteiger partial charge in [-0.05, 0) is 18.9 Å². The van der Waals surface area contributed by atoms with E-state index in [0.29, 0.717) is 11.7 Å². The van der Waals surface area contributed by atoms with Crippen molar-refractivity contribution >= 4 is 11.4 Å². The molecule has 0 heterocycles. The average molecular weight is 238 g/mol.